The van der Waals surface area contributed by atoms with E-state index in [9.17, 15) is 24.0 Å². The van der Waals surface area contributed by atoms with Gasteiger partial charge in [-0.2, -0.15) is 0 Å². The number of aryl methyl sites for hydroxylation is 1. The highest BCUT2D eigenvalue weighted by atomic mass is 16.5. The molecule has 2 aromatic rings. The molecule has 11 heteroatoms. The van der Waals surface area contributed by atoms with Crippen molar-refractivity contribution in [3.05, 3.63) is 53.4 Å². The Morgan fingerprint density at radius 3 is 2.40 bits per heavy atom. The number of amides is 4. The number of Topliss-reactive ketones (excluding diaryl/α,β-unsaturated/α-hetero) is 1. The highest BCUT2D eigenvalue weighted by Crippen LogP contribution is 2.28. The van der Waals surface area contributed by atoms with Gasteiger partial charge in [-0.25, -0.2) is 0 Å². The molecule has 2 aliphatic rings. The molecule has 2 fully saturated rings. The smallest absolute Gasteiger partial charge is 0.289 e. The minimum atomic E-state index is -1.22. The molecule has 11 nitrogen and oxygen atoms in total. The SMILES string of the molecule is Cc1cc(C(=O)N[C@@H](CC2CCCCC2)C(=O)N[C@@H](C[C@@H]2CCNC2=O)C(=O)C(=O)NCc2ccccc2)no1. The summed E-state index contributed by atoms with van der Waals surface area (Å²) in [6, 6.07) is 8.44. The van der Waals surface area contributed by atoms with Crippen molar-refractivity contribution < 1.29 is 28.5 Å². The largest absolute Gasteiger partial charge is 0.361 e. The van der Waals surface area contributed by atoms with Crippen molar-refractivity contribution in [3.8, 4) is 0 Å². The second-order valence-electron chi connectivity index (χ2n) is 10.7. The topological polar surface area (TPSA) is 160 Å². The van der Waals surface area contributed by atoms with Crippen LogP contribution < -0.4 is 21.3 Å². The van der Waals surface area contributed by atoms with Gasteiger partial charge in [0, 0.05) is 25.1 Å². The average molecular weight is 552 g/mol. The molecular formula is C29H37N5O6. The second-order valence-corrected chi connectivity index (χ2v) is 10.7. The Labute approximate surface area is 233 Å². The Morgan fingerprint density at radius 2 is 1.75 bits per heavy atom. The molecule has 2 heterocycles. The Kier molecular flexibility index (Phi) is 10.0. The quantitative estimate of drug-likeness (QED) is 0.293. The van der Waals surface area contributed by atoms with Crippen molar-refractivity contribution in [2.45, 2.75) is 76.9 Å². The molecule has 0 radical (unpaired) electrons. The minimum Gasteiger partial charge on any atom is -0.361 e. The zero-order chi connectivity index (χ0) is 28.5. The molecule has 4 rings (SSSR count). The maximum atomic E-state index is 13.6. The van der Waals surface area contributed by atoms with Crippen LogP contribution in [0.1, 0.15) is 73.2 Å². The zero-order valence-corrected chi connectivity index (χ0v) is 22.7. The van der Waals surface area contributed by atoms with Crippen LogP contribution in [0.3, 0.4) is 0 Å². The second kappa shape index (κ2) is 13.9. The van der Waals surface area contributed by atoms with Gasteiger partial charge in [0.2, 0.25) is 17.6 Å². The number of ketones is 1. The molecule has 214 valence electrons. The van der Waals surface area contributed by atoms with Crippen molar-refractivity contribution in [2.24, 2.45) is 11.8 Å². The number of benzene rings is 1. The lowest BCUT2D eigenvalue weighted by Crippen LogP contribution is -2.55. The van der Waals surface area contributed by atoms with E-state index in [-0.39, 0.29) is 30.5 Å². The molecule has 4 amide bonds. The summed E-state index contributed by atoms with van der Waals surface area (Å²) in [7, 11) is 0. The number of nitrogens with zero attached hydrogens (tertiary/aromatic N) is 1. The van der Waals surface area contributed by atoms with Gasteiger partial charge in [0.25, 0.3) is 11.8 Å². The van der Waals surface area contributed by atoms with Crippen molar-refractivity contribution in [3.63, 3.8) is 0 Å². The fourth-order valence-corrected chi connectivity index (χ4v) is 5.38. The molecule has 1 saturated carbocycles. The van der Waals surface area contributed by atoms with Crippen LogP contribution in [0.2, 0.25) is 0 Å². The van der Waals surface area contributed by atoms with E-state index in [1.807, 2.05) is 30.3 Å². The van der Waals surface area contributed by atoms with Crippen molar-refractivity contribution in [2.75, 3.05) is 6.54 Å². The van der Waals surface area contributed by atoms with Crippen molar-refractivity contribution >= 4 is 29.4 Å². The lowest BCUT2D eigenvalue weighted by atomic mass is 9.84. The van der Waals surface area contributed by atoms with Gasteiger partial charge in [0.15, 0.2) is 5.69 Å². The van der Waals surface area contributed by atoms with Crippen LogP contribution in [-0.2, 0) is 25.7 Å². The average Bonchev–Trinajstić information content (AvgIpc) is 3.59. The molecule has 0 spiro atoms. The van der Waals surface area contributed by atoms with Crippen LogP contribution in [0.4, 0.5) is 0 Å². The van der Waals surface area contributed by atoms with Gasteiger partial charge in [-0.3, -0.25) is 24.0 Å². The molecule has 1 aromatic heterocycles. The number of nitrogens with one attached hydrogen (secondary N) is 4. The van der Waals surface area contributed by atoms with Gasteiger partial charge in [0.05, 0.1) is 6.04 Å². The fraction of sp³-hybridized carbons (Fsp3) is 0.517. The van der Waals surface area contributed by atoms with E-state index in [0.717, 1.165) is 37.7 Å². The number of carbonyl (C=O) groups excluding carboxylic acids is 5. The highest BCUT2D eigenvalue weighted by molar-refractivity contribution is 6.38. The first-order valence-electron chi connectivity index (χ1n) is 14.0. The number of aromatic nitrogens is 1. The fourth-order valence-electron chi connectivity index (χ4n) is 5.38. The van der Waals surface area contributed by atoms with Gasteiger partial charge >= 0.3 is 0 Å². The van der Waals surface area contributed by atoms with Crippen LogP contribution >= 0.6 is 0 Å². The van der Waals surface area contributed by atoms with Gasteiger partial charge in [0.1, 0.15) is 11.8 Å². The molecule has 1 aliphatic heterocycles. The number of hydrogen-bond donors (Lipinski definition) is 4. The first-order valence-corrected chi connectivity index (χ1v) is 14.0. The van der Waals surface area contributed by atoms with Gasteiger partial charge in [-0.15, -0.1) is 0 Å². The van der Waals surface area contributed by atoms with Crippen LogP contribution in [0.25, 0.3) is 0 Å². The maximum absolute atomic E-state index is 13.6. The normalized spacial score (nSPS) is 18.8. The van der Waals surface area contributed by atoms with E-state index in [4.69, 9.17) is 4.52 Å². The third-order valence-electron chi connectivity index (χ3n) is 7.61. The third kappa shape index (κ3) is 8.00. The Bertz CT molecular complexity index is 1210. The molecule has 40 heavy (non-hydrogen) atoms. The summed E-state index contributed by atoms with van der Waals surface area (Å²) < 4.78 is 5.00. The van der Waals surface area contributed by atoms with E-state index in [1.54, 1.807) is 6.92 Å². The minimum absolute atomic E-state index is 0.0122. The van der Waals surface area contributed by atoms with Crippen LogP contribution in [0, 0.1) is 18.8 Å². The van der Waals surface area contributed by atoms with Gasteiger partial charge < -0.3 is 25.8 Å². The summed E-state index contributed by atoms with van der Waals surface area (Å²) in [4.78, 5) is 64.9. The van der Waals surface area contributed by atoms with Crippen LogP contribution in [-0.4, -0.2) is 53.2 Å². The molecule has 1 aromatic carbocycles. The first-order chi connectivity index (χ1) is 19.3. The zero-order valence-electron chi connectivity index (χ0n) is 22.7. The summed E-state index contributed by atoms with van der Waals surface area (Å²) in [5, 5.41) is 14.5. The molecule has 3 atom stereocenters. The molecule has 0 unspecified atom stereocenters. The Morgan fingerprint density at radius 1 is 1.00 bits per heavy atom. The van der Waals surface area contributed by atoms with Crippen molar-refractivity contribution in [1.29, 1.82) is 0 Å². The predicted molar refractivity (Wildman–Crippen MR) is 145 cm³/mol. The first kappa shape index (κ1) is 29.0. The summed E-state index contributed by atoms with van der Waals surface area (Å²) in [6.07, 6.45) is 5.99. The molecule has 1 aliphatic carbocycles. The summed E-state index contributed by atoms with van der Waals surface area (Å²) >= 11 is 0. The van der Waals surface area contributed by atoms with Crippen molar-refractivity contribution in [1.82, 2.24) is 26.4 Å². The number of carbonyl (C=O) groups is 5. The van der Waals surface area contributed by atoms with Gasteiger partial charge in [-0.05, 0) is 37.7 Å². The lowest BCUT2D eigenvalue weighted by Gasteiger charge is -2.28. The highest BCUT2D eigenvalue weighted by Gasteiger charge is 2.36. The van der Waals surface area contributed by atoms with E-state index in [2.05, 4.69) is 26.4 Å². The van der Waals surface area contributed by atoms with E-state index in [1.165, 1.54) is 6.07 Å². The third-order valence-corrected chi connectivity index (χ3v) is 7.61. The van der Waals surface area contributed by atoms with Gasteiger partial charge in [-0.1, -0.05) is 67.6 Å². The van der Waals surface area contributed by atoms with E-state index in [0.29, 0.717) is 25.1 Å². The molecule has 1 saturated heterocycles. The maximum Gasteiger partial charge on any atom is 0.289 e. The molecule has 0 bridgehead atoms. The summed E-state index contributed by atoms with van der Waals surface area (Å²) in [6.45, 7) is 2.28. The number of rotatable bonds is 12. The standard InChI is InChI=1S/C29H37N5O6/c1-18-14-24(34-40-18)28(38)33-23(15-19-8-4-2-5-9-19)27(37)32-22(16-21-12-13-30-26(21)36)25(35)29(39)31-17-20-10-6-3-7-11-20/h3,6-7,10-11,14,19,21-23H,2,4-5,8-9,12-13,15-17H2,1H3,(H,30,36)(H,31,39)(H,32,37)(H,33,38)/t21-,22-,23-/m0/s1. The number of hydrogen-bond acceptors (Lipinski definition) is 7. The summed E-state index contributed by atoms with van der Waals surface area (Å²) in [5.74, 6) is -2.87. The summed E-state index contributed by atoms with van der Waals surface area (Å²) in [5.41, 5.74) is 0.868. The van der Waals surface area contributed by atoms with E-state index >= 15 is 0 Å². The monoisotopic (exact) mass is 551 g/mol. The van der Waals surface area contributed by atoms with E-state index < -0.39 is 41.5 Å². The van der Waals surface area contributed by atoms with Crippen LogP contribution in [0.5, 0.6) is 0 Å². The predicted octanol–water partition coefficient (Wildman–Crippen LogP) is 1.95. The Hall–Kier alpha value is -4.02. The lowest BCUT2D eigenvalue weighted by molar-refractivity contribution is -0.141. The molecule has 4 N–H and O–H groups in total. The van der Waals surface area contributed by atoms with Crippen LogP contribution in [0.15, 0.2) is 40.9 Å². The Balaban J connectivity index is 1.48. The molecular weight excluding hydrogens is 514 g/mol.